The van der Waals surface area contributed by atoms with Gasteiger partial charge in [0.25, 0.3) is 0 Å². The maximum atomic E-state index is 2.47. The largest absolute Gasteiger partial charge is 0.302 e. The van der Waals surface area contributed by atoms with Gasteiger partial charge in [-0.25, -0.2) is 0 Å². The van der Waals surface area contributed by atoms with E-state index in [4.69, 9.17) is 0 Å². The Labute approximate surface area is 71.7 Å². The van der Waals surface area contributed by atoms with E-state index in [-0.39, 0.29) is 0 Å². The third kappa shape index (κ3) is 1.33. The average molecular weight is 167 g/mol. The van der Waals surface area contributed by atoms with Crippen molar-refractivity contribution in [2.75, 3.05) is 19.6 Å². The molecule has 0 aromatic carbocycles. The van der Waals surface area contributed by atoms with E-state index < -0.39 is 0 Å². The highest BCUT2D eigenvalue weighted by Crippen LogP contribution is 2.27. The molecule has 2 rings (SSSR count). The van der Waals surface area contributed by atoms with Crippen LogP contribution in [0.5, 0.6) is 0 Å². The van der Waals surface area contributed by atoms with Crippen molar-refractivity contribution in [2.45, 2.75) is 12.8 Å². The van der Waals surface area contributed by atoms with Gasteiger partial charge in [-0.3, -0.25) is 0 Å². The third-order valence-electron chi connectivity index (χ3n) is 2.42. The topological polar surface area (TPSA) is 3.24 Å². The lowest BCUT2D eigenvalue weighted by Gasteiger charge is -2.38. The highest BCUT2D eigenvalue weighted by molar-refractivity contribution is 7.07. The SMILES string of the molecule is CCN1CC(c2ccsc2)C1. The molecular weight excluding hydrogens is 154 g/mol. The number of likely N-dealkylation sites (tertiary alicyclic amines) is 1. The van der Waals surface area contributed by atoms with Crippen LogP contribution in [-0.2, 0) is 0 Å². The van der Waals surface area contributed by atoms with Gasteiger partial charge in [-0.05, 0) is 28.9 Å². The molecule has 0 unspecified atom stereocenters. The molecule has 1 aromatic heterocycles. The molecule has 1 nitrogen and oxygen atoms in total. The minimum Gasteiger partial charge on any atom is -0.302 e. The van der Waals surface area contributed by atoms with Gasteiger partial charge in [-0.1, -0.05) is 6.92 Å². The number of likely N-dealkylation sites (N-methyl/N-ethyl adjacent to an activating group) is 1. The molecule has 0 amide bonds. The Kier molecular flexibility index (Phi) is 1.96. The molecule has 0 radical (unpaired) electrons. The van der Waals surface area contributed by atoms with Crippen molar-refractivity contribution in [3.63, 3.8) is 0 Å². The van der Waals surface area contributed by atoms with E-state index in [1.165, 1.54) is 19.6 Å². The normalized spacial score (nSPS) is 20.1. The standard InChI is InChI=1S/C9H13NS/c1-2-10-5-9(6-10)8-3-4-11-7-8/h3-4,7,9H,2,5-6H2,1H3. The molecule has 1 fully saturated rings. The number of hydrogen-bond acceptors (Lipinski definition) is 2. The summed E-state index contributed by atoms with van der Waals surface area (Å²) in [6.07, 6.45) is 0. The van der Waals surface area contributed by atoms with Crippen LogP contribution in [0.3, 0.4) is 0 Å². The van der Waals surface area contributed by atoms with Crippen LogP contribution >= 0.6 is 11.3 Å². The van der Waals surface area contributed by atoms with Crippen LogP contribution in [0.15, 0.2) is 16.8 Å². The first kappa shape index (κ1) is 7.32. The molecule has 11 heavy (non-hydrogen) atoms. The Bertz CT molecular complexity index is 211. The fraction of sp³-hybridized carbons (Fsp3) is 0.556. The van der Waals surface area contributed by atoms with Crippen molar-refractivity contribution in [1.29, 1.82) is 0 Å². The highest BCUT2D eigenvalue weighted by atomic mass is 32.1. The van der Waals surface area contributed by atoms with Crippen LogP contribution in [0, 0.1) is 0 Å². The van der Waals surface area contributed by atoms with Gasteiger partial charge in [0.2, 0.25) is 0 Å². The Morgan fingerprint density at radius 2 is 2.45 bits per heavy atom. The second-order valence-electron chi connectivity index (χ2n) is 3.11. The molecule has 0 bridgehead atoms. The van der Waals surface area contributed by atoms with Crippen LogP contribution in [-0.4, -0.2) is 24.5 Å². The Morgan fingerprint density at radius 1 is 1.64 bits per heavy atom. The zero-order valence-corrected chi connectivity index (χ0v) is 7.60. The first-order valence-electron chi connectivity index (χ1n) is 4.14. The minimum absolute atomic E-state index is 0.834. The lowest BCUT2D eigenvalue weighted by Crippen LogP contribution is -2.44. The summed E-state index contributed by atoms with van der Waals surface area (Å²) in [5.41, 5.74) is 1.54. The van der Waals surface area contributed by atoms with E-state index in [1.807, 2.05) is 11.3 Å². The molecule has 2 heterocycles. The van der Waals surface area contributed by atoms with Gasteiger partial charge in [-0.15, -0.1) is 0 Å². The molecule has 0 atom stereocenters. The predicted molar refractivity (Wildman–Crippen MR) is 49.2 cm³/mol. The number of thiophene rings is 1. The van der Waals surface area contributed by atoms with Gasteiger partial charge in [0.1, 0.15) is 0 Å². The monoisotopic (exact) mass is 167 g/mol. The summed E-state index contributed by atoms with van der Waals surface area (Å²) in [6, 6.07) is 2.25. The van der Waals surface area contributed by atoms with E-state index >= 15 is 0 Å². The van der Waals surface area contributed by atoms with E-state index in [0.29, 0.717) is 0 Å². The lowest BCUT2D eigenvalue weighted by molar-refractivity contribution is 0.157. The molecule has 60 valence electrons. The zero-order valence-electron chi connectivity index (χ0n) is 6.79. The molecule has 0 spiro atoms. The fourth-order valence-electron chi connectivity index (χ4n) is 1.55. The highest BCUT2D eigenvalue weighted by Gasteiger charge is 2.26. The molecule has 0 aliphatic carbocycles. The van der Waals surface area contributed by atoms with E-state index in [9.17, 15) is 0 Å². The second kappa shape index (κ2) is 2.95. The molecule has 0 saturated carbocycles. The third-order valence-corrected chi connectivity index (χ3v) is 3.12. The number of nitrogens with zero attached hydrogens (tertiary/aromatic N) is 1. The smallest absolute Gasteiger partial charge is 0.0102 e. The molecule has 0 N–H and O–H groups in total. The summed E-state index contributed by atoms with van der Waals surface area (Å²) in [6.45, 7) is 5.98. The van der Waals surface area contributed by atoms with Crippen LogP contribution in [0.2, 0.25) is 0 Å². The number of hydrogen-bond donors (Lipinski definition) is 0. The minimum atomic E-state index is 0.834. The summed E-state index contributed by atoms with van der Waals surface area (Å²) in [4.78, 5) is 2.47. The van der Waals surface area contributed by atoms with E-state index in [1.54, 1.807) is 5.56 Å². The summed E-state index contributed by atoms with van der Waals surface area (Å²) >= 11 is 1.81. The van der Waals surface area contributed by atoms with E-state index in [0.717, 1.165) is 5.92 Å². The van der Waals surface area contributed by atoms with Crippen molar-refractivity contribution in [3.8, 4) is 0 Å². The van der Waals surface area contributed by atoms with Gasteiger partial charge in [-0.2, -0.15) is 11.3 Å². The number of rotatable bonds is 2. The predicted octanol–water partition coefficient (Wildman–Crippen LogP) is 2.17. The van der Waals surface area contributed by atoms with Gasteiger partial charge in [0, 0.05) is 19.0 Å². The quantitative estimate of drug-likeness (QED) is 0.652. The van der Waals surface area contributed by atoms with Gasteiger partial charge in [0.15, 0.2) is 0 Å². The molecular formula is C9H13NS. The van der Waals surface area contributed by atoms with Crippen molar-refractivity contribution >= 4 is 11.3 Å². The Hall–Kier alpha value is -0.340. The first-order chi connectivity index (χ1) is 5.40. The van der Waals surface area contributed by atoms with Gasteiger partial charge in [0.05, 0.1) is 0 Å². The molecule has 1 saturated heterocycles. The molecule has 1 aromatic rings. The van der Waals surface area contributed by atoms with Crippen LogP contribution in [0.1, 0.15) is 18.4 Å². The Balaban J connectivity index is 1.92. The summed E-state index contributed by atoms with van der Waals surface area (Å²) in [7, 11) is 0. The van der Waals surface area contributed by atoms with Gasteiger partial charge < -0.3 is 4.90 Å². The van der Waals surface area contributed by atoms with Crippen LogP contribution in [0.4, 0.5) is 0 Å². The molecule has 2 heteroatoms. The average Bonchev–Trinajstić information content (AvgIpc) is 2.37. The van der Waals surface area contributed by atoms with Crippen molar-refractivity contribution < 1.29 is 0 Å². The van der Waals surface area contributed by atoms with Gasteiger partial charge >= 0.3 is 0 Å². The summed E-state index contributed by atoms with van der Waals surface area (Å²) in [5, 5.41) is 4.45. The fourth-order valence-corrected chi connectivity index (χ4v) is 2.29. The Morgan fingerprint density at radius 3 is 3.00 bits per heavy atom. The lowest BCUT2D eigenvalue weighted by atomic mass is 9.94. The molecule has 1 aliphatic rings. The van der Waals surface area contributed by atoms with Crippen LogP contribution in [0.25, 0.3) is 0 Å². The van der Waals surface area contributed by atoms with E-state index in [2.05, 4.69) is 28.7 Å². The first-order valence-corrected chi connectivity index (χ1v) is 5.09. The van der Waals surface area contributed by atoms with Crippen molar-refractivity contribution in [3.05, 3.63) is 22.4 Å². The van der Waals surface area contributed by atoms with Crippen molar-refractivity contribution in [1.82, 2.24) is 4.90 Å². The summed E-state index contributed by atoms with van der Waals surface area (Å²) in [5.74, 6) is 0.834. The summed E-state index contributed by atoms with van der Waals surface area (Å²) < 4.78 is 0. The second-order valence-corrected chi connectivity index (χ2v) is 3.89. The molecule has 1 aliphatic heterocycles. The van der Waals surface area contributed by atoms with Crippen molar-refractivity contribution in [2.24, 2.45) is 0 Å². The maximum absolute atomic E-state index is 2.47. The van der Waals surface area contributed by atoms with Crippen LogP contribution < -0.4 is 0 Å². The zero-order chi connectivity index (χ0) is 7.68. The maximum Gasteiger partial charge on any atom is 0.0102 e.